The number of benzene rings is 1. The number of pyridine rings is 1. The fraction of sp³-hybridized carbons (Fsp3) is 0.231. The first-order valence-corrected chi connectivity index (χ1v) is 5.41. The lowest BCUT2D eigenvalue weighted by atomic mass is 9.99. The Morgan fingerprint density at radius 3 is 2.88 bits per heavy atom. The Morgan fingerprint density at radius 1 is 1.47 bits per heavy atom. The summed E-state index contributed by atoms with van der Waals surface area (Å²) in [6.45, 7) is 1.88. The molecule has 0 saturated heterocycles. The number of para-hydroxylation sites is 1. The number of rotatable bonds is 3. The molecule has 4 heteroatoms. The van der Waals surface area contributed by atoms with E-state index in [0.29, 0.717) is 0 Å². The minimum Gasteiger partial charge on any atom is -0.481 e. The van der Waals surface area contributed by atoms with E-state index < -0.39 is 12.0 Å². The third kappa shape index (κ3) is 2.42. The second-order valence-corrected chi connectivity index (χ2v) is 4.07. The van der Waals surface area contributed by atoms with E-state index >= 15 is 0 Å². The van der Waals surface area contributed by atoms with Crippen LogP contribution in [0.5, 0.6) is 0 Å². The quantitative estimate of drug-likeness (QED) is 0.845. The number of carbonyl (C=O) groups is 1. The van der Waals surface area contributed by atoms with Gasteiger partial charge >= 0.3 is 5.97 Å². The lowest BCUT2D eigenvalue weighted by Crippen LogP contribution is -2.15. The van der Waals surface area contributed by atoms with E-state index in [9.17, 15) is 4.79 Å². The van der Waals surface area contributed by atoms with Gasteiger partial charge in [0.25, 0.3) is 0 Å². The first-order chi connectivity index (χ1) is 8.08. The van der Waals surface area contributed by atoms with Crippen LogP contribution < -0.4 is 5.73 Å². The van der Waals surface area contributed by atoms with E-state index in [-0.39, 0.29) is 6.42 Å². The number of aromatic nitrogens is 1. The number of hydrogen-bond donors (Lipinski definition) is 2. The summed E-state index contributed by atoms with van der Waals surface area (Å²) in [5.41, 5.74) is 8.46. The molecule has 0 aliphatic rings. The monoisotopic (exact) mass is 230 g/mol. The molecule has 1 aromatic carbocycles. The Kier molecular flexibility index (Phi) is 3.06. The maximum Gasteiger partial charge on any atom is 0.305 e. The summed E-state index contributed by atoms with van der Waals surface area (Å²) < 4.78 is 0. The van der Waals surface area contributed by atoms with Gasteiger partial charge in [-0.05, 0) is 24.6 Å². The predicted octanol–water partition coefficient (Wildman–Crippen LogP) is 2.02. The van der Waals surface area contributed by atoms with Crippen LogP contribution in [0.1, 0.15) is 23.7 Å². The van der Waals surface area contributed by atoms with Gasteiger partial charge in [-0.1, -0.05) is 18.2 Å². The van der Waals surface area contributed by atoms with Crippen LogP contribution in [0, 0.1) is 6.92 Å². The van der Waals surface area contributed by atoms with Crippen LogP contribution in [0.2, 0.25) is 0 Å². The van der Waals surface area contributed by atoms with Crippen molar-refractivity contribution in [1.29, 1.82) is 0 Å². The molecule has 0 fully saturated rings. The maximum atomic E-state index is 10.7. The molecule has 17 heavy (non-hydrogen) atoms. The van der Waals surface area contributed by atoms with Gasteiger partial charge < -0.3 is 10.8 Å². The van der Waals surface area contributed by atoms with Gasteiger partial charge in [-0.25, -0.2) is 0 Å². The molecular formula is C13H14N2O2. The zero-order valence-electron chi connectivity index (χ0n) is 9.55. The first-order valence-electron chi connectivity index (χ1n) is 5.41. The van der Waals surface area contributed by atoms with Gasteiger partial charge in [0, 0.05) is 17.1 Å². The largest absolute Gasteiger partial charge is 0.481 e. The number of carboxylic acids is 1. The van der Waals surface area contributed by atoms with Crippen molar-refractivity contribution in [1.82, 2.24) is 4.98 Å². The molecule has 3 N–H and O–H groups in total. The Balaban J connectivity index is 2.55. The molecular weight excluding hydrogens is 216 g/mol. The molecule has 0 amide bonds. The van der Waals surface area contributed by atoms with Crippen LogP contribution >= 0.6 is 0 Å². The van der Waals surface area contributed by atoms with Crippen LogP contribution in [0.3, 0.4) is 0 Å². The van der Waals surface area contributed by atoms with E-state index in [2.05, 4.69) is 4.98 Å². The van der Waals surface area contributed by atoms with Crippen molar-refractivity contribution in [2.24, 2.45) is 5.73 Å². The fourth-order valence-electron chi connectivity index (χ4n) is 1.95. The molecule has 88 valence electrons. The third-order valence-corrected chi connectivity index (χ3v) is 2.67. The summed E-state index contributed by atoms with van der Waals surface area (Å²) in [5, 5.41) is 9.71. The average molecular weight is 230 g/mol. The smallest absolute Gasteiger partial charge is 0.305 e. The summed E-state index contributed by atoms with van der Waals surface area (Å²) in [7, 11) is 0. The van der Waals surface area contributed by atoms with Crippen LogP contribution in [0.15, 0.2) is 30.3 Å². The Labute approximate surface area is 99.1 Å². The topological polar surface area (TPSA) is 76.2 Å². The third-order valence-electron chi connectivity index (χ3n) is 2.67. The molecule has 1 heterocycles. The average Bonchev–Trinajstić information content (AvgIpc) is 2.26. The second kappa shape index (κ2) is 4.51. The van der Waals surface area contributed by atoms with Gasteiger partial charge in [0.05, 0.1) is 11.9 Å². The molecule has 0 radical (unpaired) electrons. The standard InChI is InChI=1S/C13H14N2O2/c1-8-6-10(11(14)7-13(16)17)9-4-2-3-5-12(9)15-8/h2-6,11H,7,14H2,1H3,(H,16,17)/t11-/m0/s1. The minimum atomic E-state index is -0.893. The minimum absolute atomic E-state index is 0.0759. The van der Waals surface area contributed by atoms with Crippen molar-refractivity contribution in [3.8, 4) is 0 Å². The van der Waals surface area contributed by atoms with Crippen molar-refractivity contribution in [3.63, 3.8) is 0 Å². The molecule has 2 aromatic rings. The van der Waals surface area contributed by atoms with Crippen molar-refractivity contribution in [2.45, 2.75) is 19.4 Å². The molecule has 2 rings (SSSR count). The van der Waals surface area contributed by atoms with Crippen LogP contribution in [0.25, 0.3) is 10.9 Å². The second-order valence-electron chi connectivity index (χ2n) is 4.07. The van der Waals surface area contributed by atoms with Crippen LogP contribution in [-0.4, -0.2) is 16.1 Å². The summed E-state index contributed by atoms with van der Waals surface area (Å²) in [4.78, 5) is 15.1. The summed E-state index contributed by atoms with van der Waals surface area (Å²) in [6.07, 6.45) is -0.0759. The maximum absolute atomic E-state index is 10.7. The normalized spacial score (nSPS) is 12.6. The Hall–Kier alpha value is -1.94. The van der Waals surface area contributed by atoms with E-state index in [1.807, 2.05) is 37.3 Å². The molecule has 1 aromatic heterocycles. The molecule has 1 atom stereocenters. The highest BCUT2D eigenvalue weighted by molar-refractivity contribution is 5.83. The number of hydrogen-bond acceptors (Lipinski definition) is 3. The van der Waals surface area contributed by atoms with Gasteiger partial charge in [0.15, 0.2) is 0 Å². The van der Waals surface area contributed by atoms with Crippen LogP contribution in [-0.2, 0) is 4.79 Å². The zero-order chi connectivity index (χ0) is 12.4. The van der Waals surface area contributed by atoms with Crippen molar-refractivity contribution in [3.05, 3.63) is 41.6 Å². The Bertz CT molecular complexity index is 566. The lowest BCUT2D eigenvalue weighted by molar-refractivity contribution is -0.137. The molecule has 4 nitrogen and oxygen atoms in total. The fourth-order valence-corrected chi connectivity index (χ4v) is 1.95. The summed E-state index contributed by atoms with van der Waals surface area (Å²) >= 11 is 0. The molecule has 0 aliphatic carbocycles. The molecule has 0 aliphatic heterocycles. The van der Waals surface area contributed by atoms with E-state index in [1.54, 1.807) is 0 Å². The Morgan fingerprint density at radius 2 is 2.18 bits per heavy atom. The van der Waals surface area contributed by atoms with E-state index in [0.717, 1.165) is 22.2 Å². The molecule has 0 unspecified atom stereocenters. The van der Waals surface area contributed by atoms with E-state index in [1.165, 1.54) is 0 Å². The van der Waals surface area contributed by atoms with Crippen molar-refractivity contribution >= 4 is 16.9 Å². The number of carboxylic acid groups (broad SMARTS) is 1. The van der Waals surface area contributed by atoms with Gasteiger partial charge in [0.2, 0.25) is 0 Å². The lowest BCUT2D eigenvalue weighted by Gasteiger charge is -2.13. The van der Waals surface area contributed by atoms with Crippen LogP contribution in [0.4, 0.5) is 0 Å². The first kappa shape index (κ1) is 11.5. The van der Waals surface area contributed by atoms with Crippen molar-refractivity contribution in [2.75, 3.05) is 0 Å². The summed E-state index contributed by atoms with van der Waals surface area (Å²) in [6, 6.07) is 8.98. The SMILES string of the molecule is Cc1cc([C@@H](N)CC(=O)O)c2ccccc2n1. The number of fused-ring (bicyclic) bond motifs is 1. The van der Waals surface area contributed by atoms with Gasteiger partial charge in [-0.2, -0.15) is 0 Å². The molecule has 0 saturated carbocycles. The molecule has 0 spiro atoms. The zero-order valence-corrected chi connectivity index (χ0v) is 9.55. The van der Waals surface area contributed by atoms with Gasteiger partial charge in [0.1, 0.15) is 0 Å². The summed E-state index contributed by atoms with van der Waals surface area (Å²) in [5.74, 6) is -0.893. The van der Waals surface area contributed by atoms with Gasteiger partial charge in [-0.15, -0.1) is 0 Å². The highest BCUT2D eigenvalue weighted by atomic mass is 16.4. The van der Waals surface area contributed by atoms with Gasteiger partial charge in [-0.3, -0.25) is 9.78 Å². The number of aliphatic carboxylic acids is 1. The molecule has 0 bridgehead atoms. The van der Waals surface area contributed by atoms with E-state index in [4.69, 9.17) is 10.8 Å². The van der Waals surface area contributed by atoms with Crippen molar-refractivity contribution < 1.29 is 9.90 Å². The highest BCUT2D eigenvalue weighted by Gasteiger charge is 2.14. The number of nitrogens with two attached hydrogens (primary N) is 1. The number of nitrogens with zero attached hydrogens (tertiary/aromatic N) is 1. The predicted molar refractivity (Wildman–Crippen MR) is 65.7 cm³/mol. The highest BCUT2D eigenvalue weighted by Crippen LogP contribution is 2.24. The number of aryl methyl sites for hydroxylation is 1.